The van der Waals surface area contributed by atoms with E-state index in [2.05, 4.69) is 11.2 Å². The lowest BCUT2D eigenvalue weighted by Crippen LogP contribution is -2.52. The molecule has 1 fully saturated rings. The highest BCUT2D eigenvalue weighted by Gasteiger charge is 2.45. The fourth-order valence-electron chi connectivity index (χ4n) is 5.19. The maximum absolute atomic E-state index is 13.1. The predicted molar refractivity (Wildman–Crippen MR) is 125 cm³/mol. The van der Waals surface area contributed by atoms with Gasteiger partial charge in [0.25, 0.3) is 0 Å². The first-order valence-electron chi connectivity index (χ1n) is 11.4. The van der Waals surface area contributed by atoms with Crippen molar-refractivity contribution in [2.45, 2.75) is 45.1 Å². The molecule has 1 saturated heterocycles. The smallest absolute Gasteiger partial charge is 0.228 e. The first-order chi connectivity index (χ1) is 16.3. The van der Waals surface area contributed by atoms with Crippen LogP contribution in [0.25, 0.3) is 11.0 Å². The van der Waals surface area contributed by atoms with Crippen molar-refractivity contribution in [2.75, 3.05) is 27.3 Å². The van der Waals surface area contributed by atoms with E-state index in [0.717, 1.165) is 16.5 Å². The van der Waals surface area contributed by atoms with Crippen molar-refractivity contribution in [3.05, 3.63) is 46.6 Å². The number of piperidine rings is 1. The zero-order valence-electron chi connectivity index (χ0n) is 19.9. The van der Waals surface area contributed by atoms with Crippen LogP contribution in [-0.4, -0.2) is 54.7 Å². The molecule has 8 heteroatoms. The molecule has 3 heterocycles. The number of hydrogen-bond acceptors (Lipinski definition) is 7. The molecule has 0 atom stereocenters. The van der Waals surface area contributed by atoms with Gasteiger partial charge in [-0.3, -0.25) is 9.59 Å². The van der Waals surface area contributed by atoms with Crippen molar-refractivity contribution >= 4 is 22.7 Å². The summed E-state index contributed by atoms with van der Waals surface area (Å²) in [5.41, 5.74) is 3.34. The van der Waals surface area contributed by atoms with E-state index in [1.807, 2.05) is 24.8 Å². The first-order valence-corrected chi connectivity index (χ1v) is 11.4. The second-order valence-electron chi connectivity index (χ2n) is 9.23. The Morgan fingerprint density at radius 1 is 1.12 bits per heavy atom. The number of rotatable bonds is 4. The molecule has 0 saturated carbocycles. The lowest BCUT2D eigenvalue weighted by Gasteiger charge is -2.44. The minimum atomic E-state index is -0.632. The number of likely N-dealkylation sites (tertiary alicyclic amines) is 1. The number of hydrogen-bond donors (Lipinski definition) is 0. The number of carbonyl (C=O) groups excluding carboxylic acids is 2. The van der Waals surface area contributed by atoms with Crippen molar-refractivity contribution in [3.8, 4) is 17.2 Å². The van der Waals surface area contributed by atoms with Crippen molar-refractivity contribution < 1.29 is 28.3 Å². The van der Waals surface area contributed by atoms with Crippen LogP contribution in [0.4, 0.5) is 0 Å². The molecule has 0 N–H and O–H groups in total. The summed E-state index contributed by atoms with van der Waals surface area (Å²) in [7, 11) is 3.09. The zero-order chi connectivity index (χ0) is 24.0. The van der Waals surface area contributed by atoms with E-state index in [9.17, 15) is 9.59 Å². The van der Waals surface area contributed by atoms with Gasteiger partial charge in [-0.2, -0.15) is 0 Å². The van der Waals surface area contributed by atoms with E-state index < -0.39 is 5.60 Å². The molecule has 5 rings (SSSR count). The number of Topliss-reactive ketones (excluding diaryl/α,β-unsaturated/α-hetero) is 1. The van der Waals surface area contributed by atoms with Gasteiger partial charge in [-0.05, 0) is 31.0 Å². The van der Waals surface area contributed by atoms with E-state index in [-0.39, 0.29) is 24.5 Å². The first kappa shape index (κ1) is 22.3. The molecule has 2 aromatic carbocycles. The molecule has 2 aliphatic rings. The summed E-state index contributed by atoms with van der Waals surface area (Å²) >= 11 is 0. The number of ketones is 1. The average Bonchev–Trinajstić information content (AvgIpc) is 3.20. The van der Waals surface area contributed by atoms with Crippen LogP contribution in [0.2, 0.25) is 0 Å². The molecule has 34 heavy (non-hydrogen) atoms. The maximum Gasteiger partial charge on any atom is 0.228 e. The van der Waals surface area contributed by atoms with Crippen LogP contribution >= 0.6 is 0 Å². The van der Waals surface area contributed by atoms with E-state index in [1.54, 1.807) is 19.2 Å². The Balaban J connectivity index is 1.31. The Bertz CT molecular complexity index is 1290. The normalized spacial score (nSPS) is 16.9. The summed E-state index contributed by atoms with van der Waals surface area (Å²) in [6.45, 7) is 5.03. The van der Waals surface area contributed by atoms with E-state index in [4.69, 9.17) is 18.7 Å². The van der Waals surface area contributed by atoms with E-state index in [0.29, 0.717) is 60.0 Å². The standard InChI is InChI=1S/C26H28N2O6/c1-15-9-16(2)24-18(27-34-22(24)10-15)13-23(30)28-7-5-26(6-8-28)14-19(29)25-20(32-4)11-17(31-3)12-21(25)33-26/h9-12H,5-8,13-14H2,1-4H3. The lowest BCUT2D eigenvalue weighted by atomic mass is 9.82. The van der Waals surface area contributed by atoms with Gasteiger partial charge in [0, 0.05) is 43.5 Å². The Morgan fingerprint density at radius 2 is 1.88 bits per heavy atom. The van der Waals surface area contributed by atoms with Crippen LogP contribution in [0.5, 0.6) is 17.2 Å². The van der Waals surface area contributed by atoms with Gasteiger partial charge in [0.15, 0.2) is 11.4 Å². The van der Waals surface area contributed by atoms with Crippen LogP contribution in [0.15, 0.2) is 28.8 Å². The van der Waals surface area contributed by atoms with Gasteiger partial charge in [0.05, 0.1) is 27.1 Å². The highest BCUT2D eigenvalue weighted by atomic mass is 16.5. The molecule has 0 bridgehead atoms. The molecule has 3 aromatic rings. The molecular formula is C26H28N2O6. The molecule has 0 unspecified atom stereocenters. The second-order valence-corrected chi connectivity index (χ2v) is 9.23. The van der Waals surface area contributed by atoms with Gasteiger partial charge < -0.3 is 23.6 Å². The monoisotopic (exact) mass is 464 g/mol. The summed E-state index contributed by atoms with van der Waals surface area (Å²) < 4.78 is 22.6. The number of carbonyl (C=O) groups is 2. The van der Waals surface area contributed by atoms with Crippen molar-refractivity contribution in [2.24, 2.45) is 0 Å². The summed E-state index contributed by atoms with van der Waals surface area (Å²) in [6.07, 6.45) is 1.58. The third-order valence-electron chi connectivity index (χ3n) is 6.92. The topological polar surface area (TPSA) is 91.1 Å². The minimum absolute atomic E-state index is 0.00380. The van der Waals surface area contributed by atoms with Crippen LogP contribution in [0.1, 0.15) is 46.4 Å². The van der Waals surface area contributed by atoms with Crippen LogP contribution in [-0.2, 0) is 11.2 Å². The molecule has 1 aromatic heterocycles. The van der Waals surface area contributed by atoms with Gasteiger partial charge >= 0.3 is 0 Å². The van der Waals surface area contributed by atoms with Crippen LogP contribution in [0.3, 0.4) is 0 Å². The van der Waals surface area contributed by atoms with E-state index in [1.165, 1.54) is 7.11 Å². The van der Waals surface area contributed by atoms with Crippen molar-refractivity contribution in [3.63, 3.8) is 0 Å². The Kier molecular flexibility index (Phi) is 5.46. The summed E-state index contributed by atoms with van der Waals surface area (Å²) in [6, 6.07) is 7.43. The van der Waals surface area contributed by atoms with Gasteiger partial charge in [0.2, 0.25) is 5.91 Å². The number of benzene rings is 2. The van der Waals surface area contributed by atoms with Crippen molar-refractivity contribution in [1.29, 1.82) is 0 Å². The maximum atomic E-state index is 13.1. The molecule has 178 valence electrons. The zero-order valence-corrected chi connectivity index (χ0v) is 19.9. The summed E-state index contributed by atoms with van der Waals surface area (Å²) in [5, 5.41) is 5.08. The molecule has 8 nitrogen and oxygen atoms in total. The Labute approximate surface area is 197 Å². The highest BCUT2D eigenvalue weighted by Crippen LogP contribution is 2.44. The molecule has 1 spiro atoms. The van der Waals surface area contributed by atoms with Crippen LogP contribution < -0.4 is 14.2 Å². The number of amides is 1. The Morgan fingerprint density at radius 3 is 2.59 bits per heavy atom. The second kappa shape index (κ2) is 8.34. The number of nitrogens with zero attached hydrogens (tertiary/aromatic N) is 2. The van der Waals surface area contributed by atoms with Gasteiger partial charge in [0.1, 0.15) is 34.1 Å². The third kappa shape index (κ3) is 3.77. The molecule has 0 aliphatic carbocycles. The number of aromatic nitrogens is 1. The fraction of sp³-hybridized carbons (Fsp3) is 0.423. The van der Waals surface area contributed by atoms with Gasteiger partial charge in [-0.1, -0.05) is 11.2 Å². The quantitative estimate of drug-likeness (QED) is 0.576. The number of fused-ring (bicyclic) bond motifs is 2. The van der Waals surface area contributed by atoms with Gasteiger partial charge in [-0.25, -0.2) is 0 Å². The largest absolute Gasteiger partial charge is 0.496 e. The number of ether oxygens (including phenoxy) is 3. The molecule has 2 aliphatic heterocycles. The SMILES string of the molecule is COc1cc(OC)c2c(c1)OC1(CCN(C(=O)Cc3noc4cc(C)cc(C)c34)CC1)CC2=O. The number of methoxy groups -OCH3 is 2. The minimum Gasteiger partial charge on any atom is -0.496 e. The third-order valence-corrected chi connectivity index (χ3v) is 6.92. The highest BCUT2D eigenvalue weighted by molar-refractivity contribution is 6.03. The van der Waals surface area contributed by atoms with Crippen molar-refractivity contribution in [1.82, 2.24) is 10.1 Å². The predicted octanol–water partition coefficient (Wildman–Crippen LogP) is 4.03. The fourth-order valence-corrected chi connectivity index (χ4v) is 5.19. The molecule has 1 amide bonds. The van der Waals surface area contributed by atoms with E-state index >= 15 is 0 Å². The van der Waals surface area contributed by atoms with Crippen LogP contribution in [0, 0.1) is 13.8 Å². The summed E-state index contributed by atoms with van der Waals surface area (Å²) in [5.74, 6) is 1.48. The van der Waals surface area contributed by atoms with Gasteiger partial charge in [-0.15, -0.1) is 0 Å². The number of aryl methyl sites for hydroxylation is 2. The average molecular weight is 465 g/mol. The molecular weight excluding hydrogens is 436 g/mol. The Hall–Kier alpha value is -3.55. The lowest BCUT2D eigenvalue weighted by molar-refractivity contribution is -0.134. The summed E-state index contributed by atoms with van der Waals surface area (Å²) in [4.78, 5) is 28.0. The molecule has 0 radical (unpaired) electrons.